The molecular formula is C24H23N5O2. The number of rotatable bonds is 4. The van der Waals surface area contributed by atoms with Gasteiger partial charge < -0.3 is 10.3 Å². The number of amides is 1. The number of aromatic amines is 1. The highest BCUT2D eigenvalue weighted by atomic mass is 16.1. The summed E-state index contributed by atoms with van der Waals surface area (Å²) in [5, 5.41) is 8.70. The minimum absolute atomic E-state index is 0.0328. The summed E-state index contributed by atoms with van der Waals surface area (Å²) in [6.45, 7) is 0. The number of pyridine rings is 1. The molecule has 0 atom stereocenters. The average molecular weight is 413 g/mol. The van der Waals surface area contributed by atoms with Gasteiger partial charge in [-0.15, -0.1) is 0 Å². The molecule has 1 amide bonds. The highest BCUT2D eigenvalue weighted by Crippen LogP contribution is 2.28. The molecule has 2 N–H and O–H groups in total. The van der Waals surface area contributed by atoms with Gasteiger partial charge in [0.1, 0.15) is 0 Å². The lowest BCUT2D eigenvalue weighted by Crippen LogP contribution is -2.39. The number of nitrogens with one attached hydrogen (secondary N) is 2. The van der Waals surface area contributed by atoms with E-state index in [2.05, 4.69) is 20.4 Å². The topological polar surface area (TPSA) is 92.7 Å². The van der Waals surface area contributed by atoms with E-state index in [9.17, 15) is 9.59 Å². The van der Waals surface area contributed by atoms with Crippen molar-refractivity contribution in [2.75, 3.05) is 0 Å². The fourth-order valence-corrected chi connectivity index (χ4v) is 4.37. The third-order valence-electron chi connectivity index (χ3n) is 6.00. The van der Waals surface area contributed by atoms with E-state index < -0.39 is 0 Å². The first-order chi connectivity index (χ1) is 15.2. The molecule has 0 unspecified atom stereocenters. The van der Waals surface area contributed by atoms with E-state index in [0.717, 1.165) is 47.8 Å². The van der Waals surface area contributed by atoms with Crippen molar-refractivity contribution >= 4 is 16.8 Å². The van der Waals surface area contributed by atoms with Gasteiger partial charge >= 0.3 is 0 Å². The van der Waals surface area contributed by atoms with Crippen LogP contribution in [-0.2, 0) is 0 Å². The van der Waals surface area contributed by atoms with Gasteiger partial charge in [-0.3, -0.25) is 14.6 Å². The molecule has 0 saturated heterocycles. The van der Waals surface area contributed by atoms with Crippen molar-refractivity contribution in [2.24, 2.45) is 0 Å². The van der Waals surface area contributed by atoms with Crippen LogP contribution in [0.1, 0.15) is 42.1 Å². The Kier molecular flexibility index (Phi) is 5.08. The van der Waals surface area contributed by atoms with Crippen molar-refractivity contribution in [2.45, 2.75) is 37.8 Å². The van der Waals surface area contributed by atoms with Gasteiger partial charge in [0.2, 0.25) is 0 Å². The summed E-state index contributed by atoms with van der Waals surface area (Å²) < 4.78 is 1.60. The van der Waals surface area contributed by atoms with E-state index in [0.29, 0.717) is 5.56 Å². The molecule has 7 nitrogen and oxygen atoms in total. The van der Waals surface area contributed by atoms with E-state index in [1.807, 2.05) is 42.6 Å². The van der Waals surface area contributed by atoms with Crippen LogP contribution in [0.5, 0.6) is 0 Å². The van der Waals surface area contributed by atoms with Crippen LogP contribution in [0, 0.1) is 0 Å². The van der Waals surface area contributed by atoms with Crippen molar-refractivity contribution in [1.82, 2.24) is 25.1 Å². The Morgan fingerprint density at radius 1 is 1.03 bits per heavy atom. The number of fused-ring (bicyclic) bond motifs is 1. The molecule has 5 rings (SSSR count). The summed E-state index contributed by atoms with van der Waals surface area (Å²) >= 11 is 0. The highest BCUT2D eigenvalue weighted by molar-refractivity contribution is 6.06. The molecule has 7 heteroatoms. The van der Waals surface area contributed by atoms with Crippen LogP contribution in [0.4, 0.5) is 0 Å². The summed E-state index contributed by atoms with van der Waals surface area (Å²) in [5.74, 6) is -0.0532. The molecule has 1 fully saturated rings. The van der Waals surface area contributed by atoms with Gasteiger partial charge in [-0.05, 0) is 62.1 Å². The van der Waals surface area contributed by atoms with E-state index in [1.54, 1.807) is 29.2 Å². The first-order valence-electron chi connectivity index (χ1n) is 10.6. The lowest BCUT2D eigenvalue weighted by atomic mass is 9.91. The largest absolute Gasteiger partial charge is 0.361 e. The van der Waals surface area contributed by atoms with Gasteiger partial charge in [0, 0.05) is 52.7 Å². The highest BCUT2D eigenvalue weighted by Gasteiger charge is 2.25. The lowest BCUT2D eigenvalue weighted by Gasteiger charge is -2.29. The van der Waals surface area contributed by atoms with Crippen molar-refractivity contribution in [3.63, 3.8) is 0 Å². The van der Waals surface area contributed by atoms with E-state index >= 15 is 0 Å². The Morgan fingerprint density at radius 2 is 1.90 bits per heavy atom. The minimum atomic E-state index is -0.0979. The first-order valence-corrected chi connectivity index (χ1v) is 10.6. The summed E-state index contributed by atoms with van der Waals surface area (Å²) in [6.07, 6.45) is 8.51. The van der Waals surface area contributed by atoms with E-state index in [4.69, 9.17) is 0 Å². The molecule has 156 valence electrons. The number of nitrogens with zero attached hydrogens (tertiary/aromatic N) is 3. The van der Waals surface area contributed by atoms with E-state index in [-0.39, 0.29) is 23.6 Å². The van der Waals surface area contributed by atoms with Crippen LogP contribution < -0.4 is 10.9 Å². The van der Waals surface area contributed by atoms with Crippen LogP contribution >= 0.6 is 0 Å². The van der Waals surface area contributed by atoms with Crippen molar-refractivity contribution < 1.29 is 4.79 Å². The molecule has 3 aromatic heterocycles. The zero-order chi connectivity index (χ0) is 21.2. The standard InChI is InChI=1S/C24H23N5O2/c30-23-11-10-21(16-3-2-13-25-15-16)28-29(23)18-8-6-17(7-9-18)27-24(31)20-4-1-5-22-19(20)12-14-26-22/h1-5,10-15,17-18,26H,6-9H2,(H,27,31). The molecule has 1 aliphatic carbocycles. The number of carbonyl (C=O) groups excluding carboxylic acids is 1. The summed E-state index contributed by atoms with van der Waals surface area (Å²) in [5.41, 5.74) is 3.16. The zero-order valence-corrected chi connectivity index (χ0v) is 17.0. The van der Waals surface area contributed by atoms with Crippen LogP contribution in [-0.4, -0.2) is 31.7 Å². The van der Waals surface area contributed by atoms with Crippen molar-refractivity contribution in [3.05, 3.63) is 83.0 Å². The Bertz CT molecular complexity index is 1270. The smallest absolute Gasteiger partial charge is 0.267 e. The average Bonchev–Trinajstić information content (AvgIpc) is 3.30. The van der Waals surface area contributed by atoms with Gasteiger partial charge in [-0.1, -0.05) is 6.07 Å². The van der Waals surface area contributed by atoms with Crippen LogP contribution in [0.15, 0.2) is 71.9 Å². The second-order valence-corrected chi connectivity index (χ2v) is 7.97. The van der Waals surface area contributed by atoms with Gasteiger partial charge in [0.05, 0.1) is 11.7 Å². The summed E-state index contributed by atoms with van der Waals surface area (Å²) in [7, 11) is 0. The fraction of sp³-hybridized carbons (Fsp3) is 0.250. The lowest BCUT2D eigenvalue weighted by molar-refractivity contribution is 0.0923. The molecule has 1 aromatic carbocycles. The summed E-state index contributed by atoms with van der Waals surface area (Å²) in [4.78, 5) is 32.6. The Labute approximate surface area is 179 Å². The van der Waals surface area contributed by atoms with E-state index in [1.165, 1.54) is 0 Å². The number of hydrogen-bond donors (Lipinski definition) is 2. The predicted molar refractivity (Wildman–Crippen MR) is 119 cm³/mol. The van der Waals surface area contributed by atoms with Gasteiger partial charge in [0.25, 0.3) is 11.5 Å². The van der Waals surface area contributed by atoms with Crippen molar-refractivity contribution in [1.29, 1.82) is 0 Å². The normalized spacial score (nSPS) is 18.7. The number of H-pyrrole nitrogens is 1. The predicted octanol–water partition coefficient (Wildman–Crippen LogP) is 3.70. The SMILES string of the molecule is O=C(NC1CCC(n2nc(-c3cccnc3)ccc2=O)CC1)c1cccc2[nH]ccc12. The molecule has 1 aliphatic rings. The number of carbonyl (C=O) groups is 1. The maximum Gasteiger partial charge on any atom is 0.267 e. The van der Waals surface area contributed by atoms with Crippen LogP contribution in [0.2, 0.25) is 0 Å². The molecule has 0 bridgehead atoms. The number of benzene rings is 1. The third-order valence-corrected chi connectivity index (χ3v) is 6.00. The van der Waals surface area contributed by atoms with Crippen molar-refractivity contribution in [3.8, 4) is 11.3 Å². The molecule has 0 spiro atoms. The Balaban J connectivity index is 1.27. The maximum atomic E-state index is 12.8. The molecule has 1 saturated carbocycles. The van der Waals surface area contributed by atoms with Gasteiger partial charge in [-0.2, -0.15) is 5.10 Å². The Morgan fingerprint density at radius 3 is 2.71 bits per heavy atom. The number of aromatic nitrogens is 4. The minimum Gasteiger partial charge on any atom is -0.361 e. The monoisotopic (exact) mass is 413 g/mol. The summed E-state index contributed by atoms with van der Waals surface area (Å²) in [6, 6.07) is 14.8. The quantitative estimate of drug-likeness (QED) is 0.534. The second-order valence-electron chi connectivity index (χ2n) is 7.97. The van der Waals surface area contributed by atoms with Gasteiger partial charge in [0.15, 0.2) is 0 Å². The molecular weight excluding hydrogens is 390 g/mol. The Hall–Kier alpha value is -3.74. The molecule has 31 heavy (non-hydrogen) atoms. The molecule has 4 aromatic rings. The third kappa shape index (κ3) is 3.86. The molecule has 0 aliphatic heterocycles. The number of hydrogen-bond acceptors (Lipinski definition) is 4. The first kappa shape index (κ1) is 19.2. The molecule has 3 heterocycles. The second kappa shape index (κ2) is 8.18. The van der Waals surface area contributed by atoms with Crippen LogP contribution in [0.25, 0.3) is 22.2 Å². The fourth-order valence-electron chi connectivity index (χ4n) is 4.37. The van der Waals surface area contributed by atoms with Gasteiger partial charge in [-0.25, -0.2) is 4.68 Å². The van der Waals surface area contributed by atoms with Crippen LogP contribution in [0.3, 0.4) is 0 Å². The zero-order valence-electron chi connectivity index (χ0n) is 17.0. The maximum absolute atomic E-state index is 12.8. The molecule has 0 radical (unpaired) electrons.